The van der Waals surface area contributed by atoms with Crippen molar-refractivity contribution in [2.45, 2.75) is 165 Å². The number of alkyl halides is 1. The molecule has 4 heteroatoms. The van der Waals surface area contributed by atoms with Crippen LogP contribution in [0.5, 0.6) is 0 Å². The number of esters is 2. The first-order chi connectivity index (χ1) is 15.6. The predicted octanol–water partition coefficient (Wildman–Crippen LogP) is 9.87. The van der Waals surface area contributed by atoms with Gasteiger partial charge in [0.1, 0.15) is 3.92 Å². The van der Waals surface area contributed by atoms with Crippen LogP contribution in [-0.2, 0) is 14.3 Å². The van der Waals surface area contributed by atoms with Crippen molar-refractivity contribution in [2.24, 2.45) is 0 Å². The molecule has 1 atom stereocenters. The molecule has 32 heavy (non-hydrogen) atoms. The molecule has 3 nitrogen and oxygen atoms in total. The van der Waals surface area contributed by atoms with Gasteiger partial charge in [-0.15, -0.1) is 0 Å². The summed E-state index contributed by atoms with van der Waals surface area (Å²) >= 11 is 2.14. The summed E-state index contributed by atoms with van der Waals surface area (Å²) < 4.78 is 4.87. The van der Waals surface area contributed by atoms with Crippen molar-refractivity contribution in [3.8, 4) is 0 Å². The fourth-order valence-electron chi connectivity index (χ4n) is 4.09. The van der Waals surface area contributed by atoms with Crippen molar-refractivity contribution in [1.82, 2.24) is 0 Å². The quantitative estimate of drug-likeness (QED) is 0.0385. The Morgan fingerprint density at radius 3 is 1.31 bits per heavy atom. The number of carbonyl (C=O) groups is 2. The van der Waals surface area contributed by atoms with Crippen LogP contribution in [0.25, 0.3) is 0 Å². The van der Waals surface area contributed by atoms with Crippen LogP contribution in [0.15, 0.2) is 0 Å². The topological polar surface area (TPSA) is 43.4 Å². The summed E-state index contributed by atoms with van der Waals surface area (Å²) in [7, 11) is 0. The molecule has 1 unspecified atom stereocenters. The SMILES string of the molecule is CCCCCCCCCCCCCC(=O)OC(=O)C(I)CCCCCCCCCCCC. The summed E-state index contributed by atoms with van der Waals surface area (Å²) in [6.45, 7) is 4.51. The molecule has 190 valence electrons. The van der Waals surface area contributed by atoms with Crippen molar-refractivity contribution in [1.29, 1.82) is 0 Å². The van der Waals surface area contributed by atoms with Crippen molar-refractivity contribution in [3.63, 3.8) is 0 Å². The van der Waals surface area contributed by atoms with Crippen LogP contribution in [-0.4, -0.2) is 15.9 Å². The van der Waals surface area contributed by atoms with E-state index in [0.29, 0.717) is 6.42 Å². The molecule has 0 aliphatic heterocycles. The van der Waals surface area contributed by atoms with E-state index < -0.39 is 0 Å². The van der Waals surface area contributed by atoms with E-state index in [0.717, 1.165) is 25.7 Å². The Kier molecular flexibility index (Phi) is 25.4. The van der Waals surface area contributed by atoms with Gasteiger partial charge in [0.05, 0.1) is 0 Å². The number of hydrogen-bond donors (Lipinski definition) is 0. The average molecular weight is 565 g/mol. The Bertz CT molecular complexity index is 425. The van der Waals surface area contributed by atoms with Crippen LogP contribution in [0.4, 0.5) is 0 Å². The first-order valence-corrected chi connectivity index (χ1v) is 15.2. The summed E-state index contributed by atoms with van der Waals surface area (Å²) in [6, 6.07) is 0. The number of carbonyl (C=O) groups excluding carboxylic acids is 2. The van der Waals surface area contributed by atoms with Crippen LogP contribution in [0.3, 0.4) is 0 Å². The highest BCUT2D eigenvalue weighted by atomic mass is 127. The van der Waals surface area contributed by atoms with Gasteiger partial charge in [0.15, 0.2) is 0 Å². The van der Waals surface area contributed by atoms with Gasteiger partial charge in [0.25, 0.3) is 0 Å². The minimum atomic E-state index is -0.338. The molecule has 0 aromatic rings. The Balaban J connectivity index is 3.47. The number of halogens is 1. The van der Waals surface area contributed by atoms with E-state index in [2.05, 4.69) is 36.4 Å². The molecular formula is C28H53IO3. The molecule has 0 aliphatic carbocycles. The van der Waals surface area contributed by atoms with Gasteiger partial charge in [-0.2, -0.15) is 0 Å². The highest BCUT2D eigenvalue weighted by molar-refractivity contribution is 14.1. The van der Waals surface area contributed by atoms with E-state index >= 15 is 0 Å². The van der Waals surface area contributed by atoms with Gasteiger partial charge in [0.2, 0.25) is 0 Å². The summed E-state index contributed by atoms with van der Waals surface area (Å²) in [5.41, 5.74) is 0. The average Bonchev–Trinajstić information content (AvgIpc) is 2.78. The minimum absolute atomic E-state index is 0.192. The van der Waals surface area contributed by atoms with E-state index in [1.807, 2.05) is 0 Å². The molecule has 0 bridgehead atoms. The van der Waals surface area contributed by atoms with Crippen molar-refractivity contribution >= 4 is 34.5 Å². The second kappa shape index (κ2) is 25.5. The molecule has 0 rings (SSSR count). The lowest BCUT2D eigenvalue weighted by Gasteiger charge is -2.09. The third-order valence-corrected chi connectivity index (χ3v) is 7.40. The van der Waals surface area contributed by atoms with Crippen LogP contribution < -0.4 is 0 Å². The molecule has 0 fully saturated rings. The molecular weight excluding hydrogens is 511 g/mol. The number of rotatable bonds is 24. The third kappa shape index (κ3) is 23.0. The second-order valence-corrected chi connectivity index (χ2v) is 11.0. The molecule has 0 spiro atoms. The van der Waals surface area contributed by atoms with Crippen LogP contribution >= 0.6 is 22.6 Å². The maximum Gasteiger partial charge on any atom is 0.326 e. The molecule has 0 radical (unpaired) electrons. The first kappa shape index (κ1) is 31.9. The second-order valence-electron chi connectivity index (χ2n) is 9.52. The maximum atomic E-state index is 12.1. The van der Waals surface area contributed by atoms with Crippen LogP contribution in [0, 0.1) is 0 Å². The smallest absolute Gasteiger partial charge is 0.326 e. The Hall–Kier alpha value is -0.130. The summed E-state index contributed by atoms with van der Waals surface area (Å²) in [5.74, 6) is -0.676. The summed E-state index contributed by atoms with van der Waals surface area (Å²) in [4.78, 5) is 24.0. The minimum Gasteiger partial charge on any atom is -0.392 e. The van der Waals surface area contributed by atoms with Crippen LogP contribution in [0.1, 0.15) is 162 Å². The lowest BCUT2D eigenvalue weighted by molar-refractivity contribution is -0.159. The molecule has 0 aliphatic rings. The van der Waals surface area contributed by atoms with Gasteiger partial charge in [0, 0.05) is 6.42 Å². The van der Waals surface area contributed by atoms with E-state index in [1.165, 1.54) is 116 Å². The monoisotopic (exact) mass is 564 g/mol. The number of unbranched alkanes of at least 4 members (excludes halogenated alkanes) is 19. The van der Waals surface area contributed by atoms with E-state index in [9.17, 15) is 9.59 Å². The molecule has 0 aromatic heterocycles. The molecule has 0 heterocycles. The Morgan fingerprint density at radius 1 is 0.562 bits per heavy atom. The molecule has 0 aromatic carbocycles. The van der Waals surface area contributed by atoms with Crippen molar-refractivity contribution < 1.29 is 14.3 Å². The lowest BCUT2D eigenvalue weighted by atomic mass is 10.1. The predicted molar refractivity (Wildman–Crippen MR) is 146 cm³/mol. The van der Waals surface area contributed by atoms with Gasteiger partial charge in [-0.1, -0.05) is 165 Å². The van der Waals surface area contributed by atoms with Gasteiger partial charge in [-0.05, 0) is 12.8 Å². The van der Waals surface area contributed by atoms with Gasteiger partial charge >= 0.3 is 11.9 Å². The molecule has 0 amide bonds. The molecule has 0 N–H and O–H groups in total. The van der Waals surface area contributed by atoms with Crippen molar-refractivity contribution in [3.05, 3.63) is 0 Å². The zero-order chi connectivity index (χ0) is 23.7. The summed E-state index contributed by atoms with van der Waals surface area (Å²) in [6.07, 6.45) is 27.9. The summed E-state index contributed by atoms with van der Waals surface area (Å²) in [5, 5.41) is 0. The number of ether oxygens (including phenoxy) is 1. The molecule has 0 saturated carbocycles. The van der Waals surface area contributed by atoms with E-state index in [1.54, 1.807) is 0 Å². The maximum absolute atomic E-state index is 12.1. The third-order valence-electron chi connectivity index (χ3n) is 6.27. The van der Waals surface area contributed by atoms with Gasteiger partial charge in [-0.3, -0.25) is 9.59 Å². The normalized spacial score (nSPS) is 12.1. The largest absolute Gasteiger partial charge is 0.392 e. The highest BCUT2D eigenvalue weighted by Crippen LogP contribution is 2.17. The first-order valence-electron chi connectivity index (χ1n) is 14.0. The van der Waals surface area contributed by atoms with Crippen molar-refractivity contribution in [2.75, 3.05) is 0 Å². The zero-order valence-electron chi connectivity index (χ0n) is 21.4. The fraction of sp³-hybridized carbons (Fsp3) is 0.929. The lowest BCUT2D eigenvalue weighted by Crippen LogP contribution is -2.21. The number of hydrogen-bond acceptors (Lipinski definition) is 3. The van der Waals surface area contributed by atoms with Gasteiger partial charge < -0.3 is 4.74 Å². The highest BCUT2D eigenvalue weighted by Gasteiger charge is 2.19. The Labute approximate surface area is 213 Å². The fourth-order valence-corrected chi connectivity index (χ4v) is 4.66. The van der Waals surface area contributed by atoms with E-state index in [-0.39, 0.29) is 15.9 Å². The Morgan fingerprint density at radius 2 is 0.906 bits per heavy atom. The standard InChI is InChI=1S/C28H53IO3/c1-3-5-7-9-11-13-15-17-19-21-23-25-27(30)32-28(31)26(29)24-22-20-18-16-14-12-10-8-6-4-2/h26H,3-25H2,1-2H3. The van der Waals surface area contributed by atoms with E-state index in [4.69, 9.17) is 4.74 Å². The van der Waals surface area contributed by atoms with Gasteiger partial charge in [-0.25, -0.2) is 0 Å². The zero-order valence-corrected chi connectivity index (χ0v) is 23.6. The molecule has 0 saturated heterocycles. The van der Waals surface area contributed by atoms with Crippen LogP contribution in [0.2, 0.25) is 0 Å².